The predicted octanol–water partition coefficient (Wildman–Crippen LogP) is 6.41. The quantitative estimate of drug-likeness (QED) is 0.464. The van der Waals surface area contributed by atoms with Gasteiger partial charge in [-0.25, -0.2) is 0 Å². The zero-order valence-electron chi connectivity index (χ0n) is 22.5. The number of hydrogen-bond donors (Lipinski definition) is 2. The Morgan fingerprint density at radius 2 is 1.56 bits per heavy atom. The van der Waals surface area contributed by atoms with Crippen LogP contribution in [0.15, 0.2) is 11.6 Å². The largest absolute Gasteiger partial charge is 0.481 e. The Morgan fingerprint density at radius 3 is 2.21 bits per heavy atom. The van der Waals surface area contributed by atoms with Crippen molar-refractivity contribution in [1.29, 1.82) is 0 Å². The molecule has 0 aromatic carbocycles. The first kappa shape index (κ1) is 24.5. The maximum Gasteiger partial charge on any atom is 0.309 e. The highest BCUT2D eigenvalue weighted by Crippen LogP contribution is 2.75. The van der Waals surface area contributed by atoms with Crippen molar-refractivity contribution in [1.82, 2.24) is 0 Å². The molecule has 0 spiro atoms. The maximum atomic E-state index is 14.2. The van der Waals surface area contributed by atoms with Gasteiger partial charge in [0.25, 0.3) is 0 Å². The summed E-state index contributed by atoms with van der Waals surface area (Å²) in [5, 5.41) is 20.9. The number of carbonyl (C=O) groups excluding carboxylic acids is 1. The molecule has 0 heterocycles. The second-order valence-corrected chi connectivity index (χ2v) is 14.9. The van der Waals surface area contributed by atoms with Gasteiger partial charge in [-0.2, -0.15) is 0 Å². The van der Waals surface area contributed by atoms with Gasteiger partial charge in [-0.1, -0.05) is 47.1 Å². The minimum atomic E-state index is -0.711. The summed E-state index contributed by atoms with van der Waals surface area (Å²) in [7, 11) is 0. The monoisotopic (exact) mass is 470 g/mol. The highest BCUT2D eigenvalue weighted by molar-refractivity contribution is 5.95. The molecule has 4 nitrogen and oxygen atoms in total. The number of carboxylic acid groups (broad SMARTS) is 1. The molecule has 0 bridgehead atoms. The van der Waals surface area contributed by atoms with Crippen molar-refractivity contribution < 1.29 is 19.8 Å². The Balaban J connectivity index is 1.62. The second kappa shape index (κ2) is 6.99. The van der Waals surface area contributed by atoms with E-state index in [4.69, 9.17) is 0 Å². The van der Waals surface area contributed by atoms with Gasteiger partial charge >= 0.3 is 5.97 Å². The molecule has 0 saturated heterocycles. The van der Waals surface area contributed by atoms with E-state index in [0.29, 0.717) is 12.3 Å². The van der Waals surface area contributed by atoms with Gasteiger partial charge in [-0.15, -0.1) is 0 Å². The van der Waals surface area contributed by atoms with Crippen molar-refractivity contribution in [2.45, 2.75) is 112 Å². The van der Waals surface area contributed by atoms with Crippen LogP contribution in [0.1, 0.15) is 106 Å². The Morgan fingerprint density at radius 1 is 0.912 bits per heavy atom. The van der Waals surface area contributed by atoms with Gasteiger partial charge in [0.15, 0.2) is 5.78 Å². The summed E-state index contributed by atoms with van der Waals surface area (Å²) in [5.74, 6) is 0.0603. The molecule has 4 heteroatoms. The van der Waals surface area contributed by atoms with E-state index in [1.54, 1.807) is 0 Å². The number of carboxylic acids is 1. The third kappa shape index (κ3) is 2.81. The SMILES string of the molecule is CC1(C)[C@@H](O)CC[C@]2(C)[C@H]3C(=O)C=C4[C@@H]5C[C@@](C)(C(=O)O)CC[C@]5(C)CC[C@@]4(C)[C@@]3(C)CC[C@@H]12. The molecule has 0 radical (unpaired) electrons. The molecule has 5 rings (SSSR count). The lowest BCUT2D eigenvalue weighted by molar-refractivity contribution is -0.202. The van der Waals surface area contributed by atoms with Gasteiger partial charge in [-0.05, 0) is 110 Å². The van der Waals surface area contributed by atoms with Crippen LogP contribution >= 0.6 is 0 Å². The summed E-state index contributed by atoms with van der Waals surface area (Å²) in [6, 6.07) is 0. The third-order valence-corrected chi connectivity index (χ3v) is 13.1. The van der Waals surface area contributed by atoms with Gasteiger partial charge in [-0.3, -0.25) is 9.59 Å². The number of ketones is 1. The molecule has 2 N–H and O–H groups in total. The summed E-state index contributed by atoms with van der Waals surface area (Å²) >= 11 is 0. The number of aliphatic hydroxyl groups excluding tert-OH is 1. The lowest BCUT2D eigenvalue weighted by atomic mass is 9.33. The summed E-state index contributed by atoms with van der Waals surface area (Å²) < 4.78 is 0. The zero-order valence-corrected chi connectivity index (χ0v) is 22.5. The van der Waals surface area contributed by atoms with Crippen LogP contribution in [0.3, 0.4) is 0 Å². The number of rotatable bonds is 1. The molecule has 0 amide bonds. The molecule has 5 aliphatic rings. The van der Waals surface area contributed by atoms with Crippen LogP contribution in [0, 0.1) is 50.2 Å². The van der Waals surface area contributed by atoms with E-state index in [-0.39, 0.29) is 50.8 Å². The van der Waals surface area contributed by atoms with Crippen molar-refractivity contribution in [3.05, 3.63) is 11.6 Å². The van der Waals surface area contributed by atoms with E-state index in [9.17, 15) is 19.8 Å². The number of aliphatic carboxylic acids is 1. The fourth-order valence-corrected chi connectivity index (χ4v) is 10.4. The zero-order chi connectivity index (χ0) is 25.1. The number of allylic oxidation sites excluding steroid dienone is 2. The van der Waals surface area contributed by atoms with E-state index >= 15 is 0 Å². The van der Waals surface area contributed by atoms with Crippen LogP contribution in [-0.2, 0) is 9.59 Å². The van der Waals surface area contributed by atoms with Gasteiger partial charge < -0.3 is 10.2 Å². The van der Waals surface area contributed by atoms with Crippen LogP contribution in [0.5, 0.6) is 0 Å². The molecular formula is C30H46O4. The van der Waals surface area contributed by atoms with Crippen LogP contribution in [0.2, 0.25) is 0 Å². The van der Waals surface area contributed by atoms with Crippen molar-refractivity contribution in [3.8, 4) is 0 Å². The molecule has 0 aromatic heterocycles. The number of fused-ring (bicyclic) bond motifs is 7. The Bertz CT molecular complexity index is 965. The maximum absolute atomic E-state index is 14.2. The first-order valence-electron chi connectivity index (χ1n) is 13.7. The van der Waals surface area contributed by atoms with Crippen LogP contribution in [0.4, 0.5) is 0 Å². The molecule has 34 heavy (non-hydrogen) atoms. The third-order valence-electron chi connectivity index (χ3n) is 13.1. The number of hydrogen-bond acceptors (Lipinski definition) is 3. The molecule has 190 valence electrons. The minimum Gasteiger partial charge on any atom is -0.481 e. The summed E-state index contributed by atoms with van der Waals surface area (Å²) in [4.78, 5) is 26.4. The summed E-state index contributed by atoms with van der Waals surface area (Å²) in [5.41, 5.74) is 0.142. The highest BCUT2D eigenvalue weighted by atomic mass is 16.4. The first-order chi connectivity index (χ1) is 15.6. The number of aliphatic hydroxyl groups is 1. The van der Waals surface area contributed by atoms with Gasteiger partial charge in [0.05, 0.1) is 11.5 Å². The fraction of sp³-hybridized carbons (Fsp3) is 0.867. The molecule has 9 atom stereocenters. The second-order valence-electron chi connectivity index (χ2n) is 14.9. The predicted molar refractivity (Wildman–Crippen MR) is 133 cm³/mol. The van der Waals surface area contributed by atoms with Crippen molar-refractivity contribution >= 4 is 11.8 Å². The Kier molecular flexibility index (Phi) is 5.04. The van der Waals surface area contributed by atoms with E-state index in [2.05, 4.69) is 41.5 Å². The van der Waals surface area contributed by atoms with Gasteiger partial charge in [0.2, 0.25) is 0 Å². The molecule has 4 saturated carbocycles. The summed E-state index contributed by atoms with van der Waals surface area (Å²) in [6.45, 7) is 15.8. The van der Waals surface area contributed by atoms with E-state index in [0.717, 1.165) is 51.4 Å². The van der Waals surface area contributed by atoms with Crippen LogP contribution in [-0.4, -0.2) is 28.1 Å². The topological polar surface area (TPSA) is 74.6 Å². The van der Waals surface area contributed by atoms with E-state index in [1.807, 2.05) is 13.0 Å². The molecule has 5 aliphatic carbocycles. The molecule has 0 aliphatic heterocycles. The smallest absolute Gasteiger partial charge is 0.309 e. The average Bonchev–Trinajstić information content (AvgIpc) is 2.73. The van der Waals surface area contributed by atoms with Crippen molar-refractivity contribution in [2.75, 3.05) is 0 Å². The van der Waals surface area contributed by atoms with Crippen LogP contribution < -0.4 is 0 Å². The lowest BCUT2D eigenvalue weighted by Crippen LogP contribution is -2.66. The minimum absolute atomic E-state index is 0.0296. The molecular weight excluding hydrogens is 424 g/mol. The van der Waals surface area contributed by atoms with Gasteiger partial charge in [0.1, 0.15) is 0 Å². The van der Waals surface area contributed by atoms with E-state index < -0.39 is 11.4 Å². The Hall–Kier alpha value is -1.16. The lowest BCUT2D eigenvalue weighted by Gasteiger charge is -2.70. The van der Waals surface area contributed by atoms with Crippen molar-refractivity contribution in [2.24, 2.45) is 50.2 Å². The highest BCUT2D eigenvalue weighted by Gasteiger charge is 2.70. The average molecular weight is 471 g/mol. The molecule has 4 fully saturated rings. The summed E-state index contributed by atoms with van der Waals surface area (Å²) in [6.07, 6.45) is 9.95. The van der Waals surface area contributed by atoms with Crippen molar-refractivity contribution in [3.63, 3.8) is 0 Å². The first-order valence-corrected chi connectivity index (χ1v) is 13.7. The Labute approximate surface area is 206 Å². The van der Waals surface area contributed by atoms with Gasteiger partial charge in [0, 0.05) is 5.92 Å². The normalized spacial score (nSPS) is 54.1. The molecule has 0 aromatic rings. The van der Waals surface area contributed by atoms with Crippen LogP contribution in [0.25, 0.3) is 0 Å². The number of carbonyl (C=O) groups is 2. The fourth-order valence-electron chi connectivity index (χ4n) is 10.4. The molecule has 0 unspecified atom stereocenters. The van der Waals surface area contributed by atoms with E-state index in [1.165, 1.54) is 5.57 Å². The standard InChI is InChI=1S/C30H46O4/c1-25(2)21-8-11-30(7)23(28(21,5)10-9-22(25)32)20(31)16-18-19-17-27(4,24(33)34)13-12-26(19,3)14-15-29(18,30)6/h16,19,21-23,32H,8-15,17H2,1-7H3,(H,33,34)/t19-,21-,22-,23+,26+,27-,28-,29+,30-/m0/s1.